The zero-order chi connectivity index (χ0) is 27.3. The molecule has 0 unspecified atom stereocenters. The number of fused-ring (bicyclic) bond motifs is 1. The summed E-state index contributed by atoms with van der Waals surface area (Å²) in [7, 11) is 0. The van der Waals surface area contributed by atoms with Crippen molar-refractivity contribution in [3.8, 4) is 5.69 Å². The van der Waals surface area contributed by atoms with E-state index in [-0.39, 0.29) is 11.8 Å². The van der Waals surface area contributed by atoms with E-state index < -0.39 is 0 Å². The molecule has 2 aromatic heterocycles. The van der Waals surface area contributed by atoms with Crippen molar-refractivity contribution in [2.75, 3.05) is 31.5 Å². The first kappa shape index (κ1) is 26.0. The highest BCUT2D eigenvalue weighted by Crippen LogP contribution is 2.26. The average Bonchev–Trinajstić information content (AvgIpc) is 3.41. The number of carbonyl (C=O) groups is 2. The minimum atomic E-state index is -0.212. The summed E-state index contributed by atoms with van der Waals surface area (Å²) in [5, 5.41) is 8.50. The summed E-state index contributed by atoms with van der Waals surface area (Å²) in [5.41, 5.74) is 3.84. The Bertz CT molecular complexity index is 1500. The van der Waals surface area contributed by atoms with E-state index in [4.69, 9.17) is 5.10 Å². The first-order valence-electron chi connectivity index (χ1n) is 14.2. The van der Waals surface area contributed by atoms with E-state index in [1.807, 2.05) is 58.1 Å². The van der Waals surface area contributed by atoms with Gasteiger partial charge in [-0.2, -0.15) is 5.10 Å². The van der Waals surface area contributed by atoms with Crippen molar-refractivity contribution >= 4 is 34.5 Å². The lowest BCUT2D eigenvalue weighted by molar-refractivity contribution is -0.111. The topological polar surface area (TPSA) is 83.4 Å². The Morgan fingerprint density at radius 3 is 2.33 bits per heavy atom. The molecule has 40 heavy (non-hydrogen) atoms. The van der Waals surface area contributed by atoms with Gasteiger partial charge in [0.15, 0.2) is 5.69 Å². The van der Waals surface area contributed by atoms with Crippen LogP contribution < -0.4 is 5.32 Å². The maximum atomic E-state index is 13.7. The number of nitrogens with one attached hydrogen (secondary N) is 1. The maximum Gasteiger partial charge on any atom is 0.275 e. The molecule has 0 atom stereocenters. The van der Waals surface area contributed by atoms with Crippen molar-refractivity contribution in [1.29, 1.82) is 0 Å². The number of likely N-dealkylation sites (tertiary alicyclic amines) is 2. The third-order valence-electron chi connectivity index (χ3n) is 7.96. The number of anilines is 1. The van der Waals surface area contributed by atoms with Crippen molar-refractivity contribution in [2.45, 2.75) is 38.1 Å². The highest BCUT2D eigenvalue weighted by Gasteiger charge is 2.30. The molecule has 2 amide bonds. The molecule has 8 nitrogen and oxygen atoms in total. The van der Waals surface area contributed by atoms with Gasteiger partial charge in [0.1, 0.15) is 0 Å². The van der Waals surface area contributed by atoms with Gasteiger partial charge < -0.3 is 15.1 Å². The fourth-order valence-corrected chi connectivity index (χ4v) is 5.81. The van der Waals surface area contributed by atoms with Crippen molar-refractivity contribution in [2.24, 2.45) is 0 Å². The SMILES string of the molecule is O=C(/C=C/c1ccc(-n2nc(C(=O)N3CCC(N4CCCCC4)CC3)c3ccccc32)cc1)Nc1ccncc1. The van der Waals surface area contributed by atoms with Crippen LogP contribution >= 0.6 is 0 Å². The van der Waals surface area contributed by atoms with Crippen LogP contribution in [0.3, 0.4) is 0 Å². The Hall–Kier alpha value is -4.30. The highest BCUT2D eigenvalue weighted by atomic mass is 16.2. The molecule has 0 radical (unpaired) electrons. The molecule has 4 aromatic rings. The number of piperidine rings is 2. The number of para-hydroxylation sites is 1. The Balaban J connectivity index is 1.16. The van der Waals surface area contributed by atoms with Gasteiger partial charge in [-0.3, -0.25) is 14.6 Å². The second-order valence-corrected chi connectivity index (χ2v) is 10.5. The fourth-order valence-electron chi connectivity index (χ4n) is 5.81. The van der Waals surface area contributed by atoms with E-state index in [1.165, 1.54) is 38.4 Å². The second-order valence-electron chi connectivity index (χ2n) is 10.5. The Morgan fingerprint density at radius 1 is 0.850 bits per heavy atom. The Kier molecular flexibility index (Phi) is 7.68. The first-order valence-corrected chi connectivity index (χ1v) is 14.2. The van der Waals surface area contributed by atoms with Gasteiger partial charge in [0.25, 0.3) is 5.91 Å². The molecule has 2 aliphatic rings. The summed E-state index contributed by atoms with van der Waals surface area (Å²) in [6, 6.07) is 19.8. The summed E-state index contributed by atoms with van der Waals surface area (Å²) in [4.78, 5) is 34.5. The Morgan fingerprint density at radius 2 is 1.57 bits per heavy atom. The van der Waals surface area contributed by atoms with Crippen LogP contribution in [-0.4, -0.2) is 68.6 Å². The summed E-state index contributed by atoms with van der Waals surface area (Å²) in [5.74, 6) is -0.205. The van der Waals surface area contributed by atoms with Crippen LogP contribution in [0.1, 0.15) is 48.2 Å². The smallest absolute Gasteiger partial charge is 0.275 e. The molecule has 2 aliphatic heterocycles. The van der Waals surface area contributed by atoms with Crippen LogP contribution in [0.25, 0.3) is 22.7 Å². The van der Waals surface area contributed by atoms with E-state index in [9.17, 15) is 9.59 Å². The average molecular weight is 535 g/mol. The minimum absolute atomic E-state index is 0.00630. The predicted octanol–water partition coefficient (Wildman–Crippen LogP) is 5.16. The molecular weight excluding hydrogens is 500 g/mol. The summed E-state index contributed by atoms with van der Waals surface area (Å²) in [6.07, 6.45) is 12.5. The molecule has 204 valence electrons. The van der Waals surface area contributed by atoms with E-state index in [1.54, 1.807) is 30.6 Å². The molecular formula is C32H34N6O2. The number of rotatable bonds is 6. The Labute approximate surface area is 234 Å². The number of hydrogen-bond acceptors (Lipinski definition) is 5. The van der Waals surface area contributed by atoms with Crippen molar-refractivity contribution < 1.29 is 9.59 Å². The van der Waals surface area contributed by atoms with Gasteiger partial charge >= 0.3 is 0 Å². The fraction of sp³-hybridized carbons (Fsp3) is 0.312. The van der Waals surface area contributed by atoms with Crippen LogP contribution in [0.2, 0.25) is 0 Å². The molecule has 8 heteroatoms. The first-order chi connectivity index (χ1) is 19.7. The molecule has 2 saturated heterocycles. The van der Waals surface area contributed by atoms with Gasteiger partial charge in [-0.25, -0.2) is 4.68 Å². The zero-order valence-corrected chi connectivity index (χ0v) is 22.6. The molecule has 2 fully saturated rings. The van der Waals surface area contributed by atoms with Crippen LogP contribution in [0.4, 0.5) is 5.69 Å². The second kappa shape index (κ2) is 11.8. The monoisotopic (exact) mass is 534 g/mol. The lowest BCUT2D eigenvalue weighted by atomic mass is 9.99. The van der Waals surface area contributed by atoms with E-state index in [0.717, 1.165) is 48.1 Å². The number of carbonyl (C=O) groups excluding carboxylic acids is 2. The van der Waals surface area contributed by atoms with Gasteiger partial charge in [0, 0.05) is 48.7 Å². The molecule has 1 N–H and O–H groups in total. The van der Waals surface area contributed by atoms with Crippen LogP contribution in [0.5, 0.6) is 0 Å². The number of amides is 2. The largest absolute Gasteiger partial charge is 0.337 e. The minimum Gasteiger partial charge on any atom is -0.337 e. The number of aromatic nitrogens is 3. The van der Waals surface area contributed by atoms with Gasteiger partial charge in [0.2, 0.25) is 5.91 Å². The quantitative estimate of drug-likeness (QED) is 0.346. The maximum absolute atomic E-state index is 13.7. The highest BCUT2D eigenvalue weighted by molar-refractivity contribution is 6.05. The standard InChI is InChI=1S/C32H34N6O2/c39-30(34-25-14-18-33-19-15-25)13-10-24-8-11-27(12-9-24)38-29-7-3-2-6-28(29)31(35-38)32(40)37-22-16-26(17-23-37)36-20-4-1-5-21-36/h2-3,6-15,18-19,26H,1,4-5,16-17,20-23H2,(H,33,34,39)/b13-10+. The van der Waals surface area contributed by atoms with Gasteiger partial charge in [0.05, 0.1) is 11.2 Å². The molecule has 0 spiro atoms. The van der Waals surface area contributed by atoms with Gasteiger partial charge in [-0.15, -0.1) is 0 Å². The third-order valence-corrected chi connectivity index (χ3v) is 7.96. The van der Waals surface area contributed by atoms with Gasteiger partial charge in [-0.1, -0.05) is 36.8 Å². The molecule has 6 rings (SSSR count). The normalized spacial score (nSPS) is 16.9. The number of pyridine rings is 1. The zero-order valence-electron chi connectivity index (χ0n) is 22.6. The third kappa shape index (κ3) is 5.67. The summed E-state index contributed by atoms with van der Waals surface area (Å²) in [6.45, 7) is 3.94. The number of hydrogen-bond donors (Lipinski definition) is 1. The van der Waals surface area contributed by atoms with Crippen LogP contribution in [0.15, 0.2) is 79.1 Å². The van der Waals surface area contributed by atoms with E-state index in [2.05, 4.69) is 15.2 Å². The van der Waals surface area contributed by atoms with Crippen molar-refractivity contribution in [3.63, 3.8) is 0 Å². The number of nitrogens with zero attached hydrogens (tertiary/aromatic N) is 5. The van der Waals surface area contributed by atoms with E-state index in [0.29, 0.717) is 17.4 Å². The van der Waals surface area contributed by atoms with Gasteiger partial charge in [-0.05, 0) is 80.7 Å². The molecule has 0 bridgehead atoms. The molecule has 2 aromatic carbocycles. The summed E-state index contributed by atoms with van der Waals surface area (Å²) >= 11 is 0. The van der Waals surface area contributed by atoms with Crippen molar-refractivity contribution in [1.82, 2.24) is 24.6 Å². The number of benzene rings is 2. The molecule has 0 aliphatic carbocycles. The lowest BCUT2D eigenvalue weighted by Gasteiger charge is -2.40. The van der Waals surface area contributed by atoms with Crippen molar-refractivity contribution in [3.05, 3.63) is 90.4 Å². The lowest BCUT2D eigenvalue weighted by Crippen LogP contribution is -2.48. The van der Waals surface area contributed by atoms with Crippen LogP contribution in [-0.2, 0) is 4.79 Å². The molecule has 4 heterocycles. The predicted molar refractivity (Wildman–Crippen MR) is 157 cm³/mol. The van der Waals surface area contributed by atoms with E-state index >= 15 is 0 Å². The summed E-state index contributed by atoms with van der Waals surface area (Å²) < 4.78 is 1.84. The molecule has 0 saturated carbocycles. The van der Waals surface area contributed by atoms with Crippen LogP contribution in [0, 0.1) is 0 Å².